The van der Waals surface area contributed by atoms with Gasteiger partial charge < -0.3 is 19.7 Å². The van der Waals surface area contributed by atoms with Crippen molar-refractivity contribution in [3.8, 4) is 0 Å². The Morgan fingerprint density at radius 2 is 2.00 bits per heavy atom. The van der Waals surface area contributed by atoms with Gasteiger partial charge in [-0.15, -0.1) is 0 Å². The predicted octanol–water partition coefficient (Wildman–Crippen LogP) is 3.86. The first kappa shape index (κ1) is 20.6. The second kappa shape index (κ2) is 9.35. The van der Waals surface area contributed by atoms with Gasteiger partial charge in [-0.3, -0.25) is 4.79 Å². The van der Waals surface area contributed by atoms with Gasteiger partial charge in [-0.2, -0.15) is 0 Å². The number of carboxylic acid groups (broad SMARTS) is 1. The molecule has 0 amide bonds. The van der Waals surface area contributed by atoms with E-state index in [4.69, 9.17) is 14.6 Å². The summed E-state index contributed by atoms with van der Waals surface area (Å²) in [5.74, 6) is -0.0192. The third-order valence-electron chi connectivity index (χ3n) is 6.34. The largest absolute Gasteiger partial charge is 0.481 e. The minimum absolute atomic E-state index is 0.00178. The number of carbonyl (C=O) groups is 1. The van der Waals surface area contributed by atoms with Crippen LogP contribution in [0, 0.1) is 11.8 Å². The number of aliphatic hydroxyl groups excluding tert-OH is 1. The van der Waals surface area contributed by atoms with Crippen LogP contribution < -0.4 is 0 Å². The lowest BCUT2D eigenvalue weighted by molar-refractivity contribution is -0.137. The number of rotatable bonds is 11. The maximum atomic E-state index is 10.7. The van der Waals surface area contributed by atoms with Gasteiger partial charge in [0.05, 0.1) is 30.5 Å². The third kappa shape index (κ3) is 5.01. The predicted molar refractivity (Wildman–Crippen MR) is 103 cm³/mol. The molecule has 27 heavy (non-hydrogen) atoms. The zero-order chi connectivity index (χ0) is 19.4. The first-order valence-corrected chi connectivity index (χ1v) is 10.6. The zero-order valence-electron chi connectivity index (χ0n) is 16.4. The van der Waals surface area contributed by atoms with Gasteiger partial charge in [0, 0.05) is 18.8 Å². The lowest BCUT2D eigenvalue weighted by Crippen LogP contribution is -2.46. The van der Waals surface area contributed by atoms with Crippen LogP contribution in [0.4, 0.5) is 0 Å². The Bertz CT molecular complexity index is 557. The fraction of sp³-hybridized carbons (Fsp3) is 0.773. The van der Waals surface area contributed by atoms with Crippen LogP contribution in [0.2, 0.25) is 0 Å². The maximum Gasteiger partial charge on any atom is 0.303 e. The lowest BCUT2D eigenvalue weighted by Gasteiger charge is -2.41. The number of hydrogen-bond acceptors (Lipinski definition) is 4. The van der Waals surface area contributed by atoms with Gasteiger partial charge in [0.25, 0.3) is 0 Å². The van der Waals surface area contributed by atoms with Gasteiger partial charge in [0.15, 0.2) is 0 Å². The van der Waals surface area contributed by atoms with Crippen molar-refractivity contribution in [1.82, 2.24) is 0 Å². The van der Waals surface area contributed by atoms with Gasteiger partial charge in [0.2, 0.25) is 0 Å². The number of ether oxygens (including phenoxy) is 2. The van der Waals surface area contributed by atoms with Gasteiger partial charge in [-0.05, 0) is 37.2 Å². The van der Waals surface area contributed by atoms with Gasteiger partial charge in [-0.25, -0.2) is 0 Å². The Hall–Kier alpha value is -1.17. The Morgan fingerprint density at radius 3 is 2.74 bits per heavy atom. The van der Waals surface area contributed by atoms with Crippen molar-refractivity contribution in [3.05, 3.63) is 24.3 Å². The summed E-state index contributed by atoms with van der Waals surface area (Å²) in [6.07, 6.45) is 11.7. The van der Waals surface area contributed by atoms with Crippen LogP contribution in [-0.2, 0) is 14.3 Å². The van der Waals surface area contributed by atoms with E-state index in [1.165, 1.54) is 0 Å². The maximum absolute atomic E-state index is 10.7. The van der Waals surface area contributed by atoms with Gasteiger partial charge in [0.1, 0.15) is 0 Å². The van der Waals surface area contributed by atoms with Crippen LogP contribution in [-0.4, -0.2) is 46.7 Å². The van der Waals surface area contributed by atoms with Crippen molar-refractivity contribution in [2.24, 2.45) is 11.8 Å². The lowest BCUT2D eigenvalue weighted by atomic mass is 9.72. The van der Waals surface area contributed by atoms with Crippen molar-refractivity contribution < 1.29 is 24.5 Å². The highest BCUT2D eigenvalue weighted by Gasteiger charge is 2.57. The Balaban J connectivity index is 1.54. The molecular formula is C22H34O5. The molecule has 3 aliphatic rings. The molecule has 3 rings (SSSR count). The first-order chi connectivity index (χ1) is 13.0. The molecule has 2 bridgehead atoms. The molecule has 0 aromatic rings. The molecule has 5 heteroatoms. The highest BCUT2D eigenvalue weighted by molar-refractivity contribution is 5.66. The van der Waals surface area contributed by atoms with Gasteiger partial charge >= 0.3 is 5.97 Å². The van der Waals surface area contributed by atoms with E-state index in [2.05, 4.69) is 19.6 Å². The summed E-state index contributed by atoms with van der Waals surface area (Å²) in [6, 6.07) is 0. The second-order valence-electron chi connectivity index (χ2n) is 8.37. The topological polar surface area (TPSA) is 76.0 Å². The molecule has 7 atom stereocenters. The summed E-state index contributed by atoms with van der Waals surface area (Å²) in [5, 5.41) is 19.0. The van der Waals surface area contributed by atoms with E-state index < -0.39 is 5.97 Å². The molecule has 1 unspecified atom stereocenters. The molecular weight excluding hydrogens is 344 g/mol. The van der Waals surface area contributed by atoms with Gasteiger partial charge in [-0.1, -0.05) is 44.9 Å². The van der Waals surface area contributed by atoms with E-state index in [-0.39, 0.29) is 36.9 Å². The number of unbranched alkanes of at least 4 members (excludes halogenated alkanes) is 2. The average molecular weight is 379 g/mol. The van der Waals surface area contributed by atoms with E-state index >= 15 is 0 Å². The smallest absolute Gasteiger partial charge is 0.303 e. The average Bonchev–Trinajstić information content (AvgIpc) is 3.19. The molecule has 3 heterocycles. The van der Waals surface area contributed by atoms with Crippen LogP contribution in [0.5, 0.6) is 0 Å². The highest BCUT2D eigenvalue weighted by atomic mass is 16.6. The quantitative estimate of drug-likeness (QED) is 0.422. The van der Waals surface area contributed by atoms with Crippen LogP contribution in [0.3, 0.4) is 0 Å². The normalized spacial score (nSPS) is 35.6. The summed E-state index contributed by atoms with van der Waals surface area (Å²) in [7, 11) is 0. The van der Waals surface area contributed by atoms with Crippen LogP contribution in [0.25, 0.3) is 0 Å². The monoisotopic (exact) mass is 378 g/mol. The molecule has 2 N–H and O–H groups in total. The standard InChI is InChI=1S/C22H34O5/c1-3-4-5-8-15(23)10-11-16-17-12-18(14(2)7-6-9-21(24)25)26-20-13-19(16)27-22(17)20/h10-11,15-20,22-23H,2-9,12-13H2,1H3,(H,24,25)/b11-10+/t15-,16+,17+,18?,19-,20-,22-/m1/s1. The van der Waals surface area contributed by atoms with E-state index in [0.717, 1.165) is 44.1 Å². The van der Waals surface area contributed by atoms with E-state index in [1.54, 1.807) is 0 Å². The van der Waals surface area contributed by atoms with E-state index in [1.807, 2.05) is 6.08 Å². The summed E-state index contributed by atoms with van der Waals surface area (Å²) in [5.41, 5.74) is 1.01. The number of hydrogen-bond donors (Lipinski definition) is 2. The first-order valence-electron chi connectivity index (χ1n) is 10.6. The Labute approximate surface area is 162 Å². The molecule has 3 aliphatic heterocycles. The molecule has 0 aromatic heterocycles. The molecule has 152 valence electrons. The number of aliphatic carboxylic acids is 1. The zero-order valence-corrected chi connectivity index (χ0v) is 16.4. The SMILES string of the molecule is C=C(CCCC(=O)O)C1C[C@H]2[C@H](/C=C/[C@H](O)CCCCC)[C@H]3C[C@@H](O1)[C@@H]2O3. The fourth-order valence-electron chi connectivity index (χ4n) is 4.88. The molecule has 0 saturated carbocycles. The minimum Gasteiger partial charge on any atom is -0.481 e. The van der Waals surface area contributed by atoms with Crippen LogP contribution >= 0.6 is 0 Å². The third-order valence-corrected chi connectivity index (χ3v) is 6.34. The van der Waals surface area contributed by atoms with Crippen molar-refractivity contribution >= 4 is 5.97 Å². The van der Waals surface area contributed by atoms with Crippen LogP contribution in [0.15, 0.2) is 24.3 Å². The molecule has 0 radical (unpaired) electrons. The van der Waals surface area contributed by atoms with Crippen molar-refractivity contribution in [2.75, 3.05) is 0 Å². The minimum atomic E-state index is -0.763. The molecule has 0 spiro atoms. The van der Waals surface area contributed by atoms with Crippen molar-refractivity contribution in [1.29, 1.82) is 0 Å². The highest BCUT2D eigenvalue weighted by Crippen LogP contribution is 2.51. The molecule has 3 fully saturated rings. The molecule has 0 aromatic carbocycles. The second-order valence-corrected chi connectivity index (χ2v) is 8.37. The number of aliphatic hydroxyl groups is 1. The Morgan fingerprint density at radius 1 is 1.19 bits per heavy atom. The van der Waals surface area contributed by atoms with E-state index in [0.29, 0.717) is 24.7 Å². The molecule has 0 aliphatic carbocycles. The van der Waals surface area contributed by atoms with Crippen molar-refractivity contribution in [2.45, 2.75) is 95.2 Å². The summed E-state index contributed by atoms with van der Waals surface area (Å²) in [4.78, 5) is 10.7. The molecule has 3 saturated heterocycles. The van der Waals surface area contributed by atoms with Crippen molar-refractivity contribution in [3.63, 3.8) is 0 Å². The number of carboxylic acids is 1. The summed E-state index contributed by atoms with van der Waals surface area (Å²) >= 11 is 0. The summed E-state index contributed by atoms with van der Waals surface area (Å²) in [6.45, 7) is 6.33. The van der Waals surface area contributed by atoms with E-state index in [9.17, 15) is 9.90 Å². The number of fused-ring (bicyclic) bond motifs is 1. The Kier molecular flexibility index (Phi) is 7.12. The fourth-order valence-corrected chi connectivity index (χ4v) is 4.88. The summed E-state index contributed by atoms with van der Waals surface area (Å²) < 4.78 is 12.4. The molecule has 5 nitrogen and oxygen atoms in total. The van der Waals surface area contributed by atoms with Crippen LogP contribution in [0.1, 0.15) is 64.7 Å².